The summed E-state index contributed by atoms with van der Waals surface area (Å²) in [5, 5.41) is 16.3. The highest BCUT2D eigenvalue weighted by atomic mass is 32.1. The first kappa shape index (κ1) is 22.4. The Morgan fingerprint density at radius 3 is 2.61 bits per heavy atom. The van der Waals surface area contributed by atoms with Crippen molar-refractivity contribution in [2.24, 2.45) is 0 Å². The van der Waals surface area contributed by atoms with Crippen LogP contribution in [0.25, 0.3) is 11.3 Å². The summed E-state index contributed by atoms with van der Waals surface area (Å²) in [6.45, 7) is 6.62. The zero-order valence-electron chi connectivity index (χ0n) is 18.7. The highest BCUT2D eigenvalue weighted by Crippen LogP contribution is 2.31. The zero-order valence-corrected chi connectivity index (χ0v) is 19.5. The number of rotatable bonds is 7. The lowest BCUT2D eigenvalue weighted by Gasteiger charge is -2.09. The van der Waals surface area contributed by atoms with Gasteiger partial charge >= 0.3 is 0 Å². The van der Waals surface area contributed by atoms with Crippen molar-refractivity contribution in [1.82, 2.24) is 9.55 Å². The molecule has 8 heteroatoms. The number of nitrogens with one attached hydrogen (secondary N) is 1. The van der Waals surface area contributed by atoms with Gasteiger partial charge in [-0.15, -0.1) is 11.3 Å². The number of hydrogen-bond acceptors (Lipinski definition) is 5. The molecule has 0 atom stereocenters. The molecule has 4 rings (SSSR count). The van der Waals surface area contributed by atoms with Crippen molar-refractivity contribution in [3.05, 3.63) is 98.2 Å². The molecule has 1 amide bonds. The molecule has 1 N–H and O–H groups in total. The van der Waals surface area contributed by atoms with Crippen LogP contribution in [0.4, 0.5) is 10.8 Å². The molecule has 7 nitrogen and oxygen atoms in total. The second kappa shape index (κ2) is 9.38. The molecule has 2 aromatic heterocycles. The molecule has 0 fully saturated rings. The molecular weight excluding hydrogens is 436 g/mol. The Balaban J connectivity index is 1.51. The molecule has 0 aliphatic heterocycles. The van der Waals surface area contributed by atoms with Gasteiger partial charge in [-0.25, -0.2) is 4.98 Å². The van der Waals surface area contributed by atoms with E-state index in [1.54, 1.807) is 13.0 Å². The van der Waals surface area contributed by atoms with Crippen LogP contribution in [0.1, 0.15) is 32.9 Å². The van der Waals surface area contributed by atoms with Gasteiger partial charge in [0.05, 0.1) is 10.6 Å². The molecule has 0 aliphatic rings. The molecule has 2 heterocycles. The normalized spacial score (nSPS) is 10.9. The molecule has 0 radical (unpaired) electrons. The van der Waals surface area contributed by atoms with Gasteiger partial charge in [0.25, 0.3) is 11.6 Å². The molecule has 168 valence electrons. The molecule has 0 bridgehead atoms. The lowest BCUT2D eigenvalue weighted by molar-refractivity contribution is -0.385. The Bertz CT molecular complexity index is 1320. The van der Waals surface area contributed by atoms with Gasteiger partial charge in [-0.2, -0.15) is 0 Å². The average molecular weight is 461 g/mol. The number of nitro groups is 1. The van der Waals surface area contributed by atoms with E-state index in [1.807, 2.05) is 11.4 Å². The number of amides is 1. The van der Waals surface area contributed by atoms with Crippen molar-refractivity contribution in [3.8, 4) is 11.3 Å². The van der Waals surface area contributed by atoms with Crippen LogP contribution in [0, 0.1) is 30.9 Å². The van der Waals surface area contributed by atoms with E-state index >= 15 is 0 Å². The molecule has 0 saturated carbocycles. The number of carbonyl (C=O) groups is 1. The summed E-state index contributed by atoms with van der Waals surface area (Å²) in [7, 11) is 0. The van der Waals surface area contributed by atoms with Crippen LogP contribution in [-0.4, -0.2) is 20.4 Å². The van der Waals surface area contributed by atoms with Gasteiger partial charge in [0.1, 0.15) is 0 Å². The predicted octanol–water partition coefficient (Wildman–Crippen LogP) is 5.94. The van der Waals surface area contributed by atoms with Crippen molar-refractivity contribution in [3.63, 3.8) is 0 Å². The second-order valence-electron chi connectivity index (χ2n) is 7.87. The molecule has 0 saturated heterocycles. The molecule has 0 spiro atoms. The van der Waals surface area contributed by atoms with Crippen LogP contribution in [0.5, 0.6) is 0 Å². The van der Waals surface area contributed by atoms with Crippen molar-refractivity contribution >= 4 is 28.1 Å². The van der Waals surface area contributed by atoms with E-state index in [2.05, 4.69) is 59.0 Å². The third kappa shape index (κ3) is 4.70. The molecular formula is C25H24N4O3S. The maximum absolute atomic E-state index is 12.7. The van der Waals surface area contributed by atoms with Crippen LogP contribution in [0.15, 0.2) is 60.0 Å². The number of benzene rings is 2. The zero-order chi connectivity index (χ0) is 23.5. The van der Waals surface area contributed by atoms with Gasteiger partial charge in [-0.3, -0.25) is 20.2 Å². The van der Waals surface area contributed by atoms with Gasteiger partial charge in [0.2, 0.25) is 0 Å². The second-order valence-corrected chi connectivity index (χ2v) is 8.73. The monoisotopic (exact) mass is 460 g/mol. The first-order valence-electron chi connectivity index (χ1n) is 10.6. The summed E-state index contributed by atoms with van der Waals surface area (Å²) >= 11 is 1.33. The molecule has 0 unspecified atom stereocenters. The lowest BCUT2D eigenvalue weighted by Crippen LogP contribution is -2.14. The van der Waals surface area contributed by atoms with E-state index in [9.17, 15) is 14.9 Å². The Labute approximate surface area is 195 Å². The summed E-state index contributed by atoms with van der Waals surface area (Å²) < 4.78 is 2.28. The fraction of sp³-hybridized carbons (Fsp3) is 0.200. The molecule has 4 aromatic rings. The number of thiazole rings is 1. The highest BCUT2D eigenvalue weighted by Gasteiger charge is 2.19. The quantitative estimate of drug-likeness (QED) is 0.273. The van der Waals surface area contributed by atoms with E-state index < -0.39 is 10.8 Å². The number of carbonyl (C=O) groups excluding carboxylic acids is 1. The van der Waals surface area contributed by atoms with Gasteiger partial charge < -0.3 is 4.57 Å². The SMILES string of the molecule is Cc1c(C(=O)Nc2nc(-c3cc(C)n(CCc4ccccc4)c3C)cs2)cccc1[N+](=O)[O-]. The van der Waals surface area contributed by atoms with Crippen LogP contribution >= 0.6 is 11.3 Å². The summed E-state index contributed by atoms with van der Waals surface area (Å²) in [5.41, 5.74) is 5.92. The fourth-order valence-corrected chi connectivity index (χ4v) is 4.68. The van der Waals surface area contributed by atoms with E-state index in [0.717, 1.165) is 35.6 Å². The Kier molecular flexibility index (Phi) is 6.37. The fourth-order valence-electron chi connectivity index (χ4n) is 3.98. The van der Waals surface area contributed by atoms with Crippen LogP contribution in [-0.2, 0) is 13.0 Å². The lowest BCUT2D eigenvalue weighted by atomic mass is 10.1. The minimum Gasteiger partial charge on any atom is -0.348 e. The number of nitrogens with zero attached hydrogens (tertiary/aromatic N) is 3. The summed E-state index contributed by atoms with van der Waals surface area (Å²) in [5.74, 6) is -0.412. The van der Waals surface area contributed by atoms with Crippen LogP contribution in [0.2, 0.25) is 0 Å². The first-order valence-corrected chi connectivity index (χ1v) is 11.4. The predicted molar refractivity (Wildman–Crippen MR) is 131 cm³/mol. The first-order chi connectivity index (χ1) is 15.8. The maximum atomic E-state index is 12.7. The highest BCUT2D eigenvalue weighted by molar-refractivity contribution is 7.14. The van der Waals surface area contributed by atoms with Gasteiger partial charge in [-0.05, 0) is 44.9 Å². The minimum atomic E-state index is -0.485. The van der Waals surface area contributed by atoms with E-state index in [4.69, 9.17) is 0 Å². The summed E-state index contributed by atoms with van der Waals surface area (Å²) in [6.07, 6.45) is 0.942. The number of hydrogen-bond donors (Lipinski definition) is 1. The van der Waals surface area contributed by atoms with Crippen molar-refractivity contribution in [1.29, 1.82) is 0 Å². The standard InChI is InChI=1S/C25H24N4O3S/c1-16-14-21(18(3)28(16)13-12-19-8-5-4-6-9-19)22-15-33-25(26-22)27-24(30)20-10-7-11-23(17(20)2)29(31)32/h4-11,14-15H,12-13H2,1-3H3,(H,26,27,30). The molecule has 0 aliphatic carbocycles. The topological polar surface area (TPSA) is 90.1 Å². The third-order valence-electron chi connectivity index (χ3n) is 5.79. The van der Waals surface area contributed by atoms with Crippen LogP contribution in [0.3, 0.4) is 0 Å². The van der Waals surface area contributed by atoms with Gasteiger partial charge in [-0.1, -0.05) is 36.4 Å². The number of aryl methyl sites for hydroxylation is 2. The van der Waals surface area contributed by atoms with Gasteiger partial charge in [0.15, 0.2) is 5.13 Å². The third-order valence-corrected chi connectivity index (χ3v) is 6.55. The average Bonchev–Trinajstić information content (AvgIpc) is 3.36. The Morgan fingerprint density at radius 2 is 1.88 bits per heavy atom. The molecule has 2 aromatic carbocycles. The summed E-state index contributed by atoms with van der Waals surface area (Å²) in [6, 6.07) is 17.0. The van der Waals surface area contributed by atoms with E-state index in [0.29, 0.717) is 10.7 Å². The largest absolute Gasteiger partial charge is 0.348 e. The van der Waals surface area contributed by atoms with Gasteiger partial charge in [0, 0.05) is 46.1 Å². The van der Waals surface area contributed by atoms with Crippen molar-refractivity contribution in [2.75, 3.05) is 5.32 Å². The Morgan fingerprint density at radius 1 is 1.12 bits per heavy atom. The van der Waals surface area contributed by atoms with E-state index in [-0.39, 0.29) is 11.3 Å². The smallest absolute Gasteiger partial charge is 0.273 e. The number of nitro benzene ring substituents is 1. The van der Waals surface area contributed by atoms with E-state index in [1.165, 1.54) is 29.0 Å². The minimum absolute atomic E-state index is 0.0783. The summed E-state index contributed by atoms with van der Waals surface area (Å²) in [4.78, 5) is 28.0. The van der Waals surface area contributed by atoms with Crippen molar-refractivity contribution in [2.45, 2.75) is 33.7 Å². The molecule has 33 heavy (non-hydrogen) atoms. The van der Waals surface area contributed by atoms with Crippen molar-refractivity contribution < 1.29 is 9.72 Å². The number of aromatic nitrogens is 2. The maximum Gasteiger partial charge on any atom is 0.273 e. The number of anilines is 1. The Hall–Kier alpha value is -3.78. The van der Waals surface area contributed by atoms with Crippen LogP contribution < -0.4 is 5.32 Å².